The molecule has 0 radical (unpaired) electrons. The average Bonchev–Trinajstić information content (AvgIpc) is 2.95. The van der Waals surface area contributed by atoms with Crippen LogP contribution in [-0.2, 0) is 5.75 Å². The van der Waals surface area contributed by atoms with E-state index in [1.54, 1.807) is 11.8 Å². The van der Waals surface area contributed by atoms with Gasteiger partial charge in [-0.2, -0.15) is 0 Å². The molecule has 0 saturated heterocycles. The van der Waals surface area contributed by atoms with Gasteiger partial charge in [0.2, 0.25) is 5.16 Å². The van der Waals surface area contributed by atoms with Crippen LogP contribution < -0.4 is 0 Å². The SMILES string of the molecule is Clc1ccccc1-c1nc(SCc2ccccc2)n[nH]1. The summed E-state index contributed by atoms with van der Waals surface area (Å²) < 4.78 is 0. The fraction of sp³-hybridized carbons (Fsp3) is 0.0667. The van der Waals surface area contributed by atoms with Crippen LogP contribution in [0.2, 0.25) is 5.02 Å². The van der Waals surface area contributed by atoms with Crippen LogP contribution in [-0.4, -0.2) is 15.2 Å². The minimum Gasteiger partial charge on any atom is -0.258 e. The van der Waals surface area contributed by atoms with Crippen LogP contribution in [0.5, 0.6) is 0 Å². The molecule has 1 heterocycles. The molecule has 0 fully saturated rings. The lowest BCUT2D eigenvalue weighted by Gasteiger charge is -1.98. The molecule has 100 valence electrons. The Hall–Kier alpha value is -1.78. The van der Waals surface area contributed by atoms with E-state index in [0.29, 0.717) is 10.8 Å². The highest BCUT2D eigenvalue weighted by Crippen LogP contribution is 2.26. The van der Waals surface area contributed by atoms with Gasteiger partial charge in [-0.1, -0.05) is 65.8 Å². The second kappa shape index (κ2) is 6.11. The smallest absolute Gasteiger partial charge is 0.209 e. The van der Waals surface area contributed by atoms with Gasteiger partial charge < -0.3 is 0 Å². The van der Waals surface area contributed by atoms with Gasteiger partial charge in [0.1, 0.15) is 0 Å². The number of halogens is 1. The molecule has 3 rings (SSSR count). The number of hydrogen-bond donors (Lipinski definition) is 1. The lowest BCUT2D eigenvalue weighted by molar-refractivity contribution is 0.973. The zero-order valence-electron chi connectivity index (χ0n) is 10.6. The second-order valence-corrected chi connectivity index (χ2v) is 5.57. The minimum absolute atomic E-state index is 0.670. The maximum atomic E-state index is 6.15. The first-order chi connectivity index (χ1) is 9.83. The van der Waals surface area contributed by atoms with Crippen LogP contribution in [0.15, 0.2) is 59.8 Å². The van der Waals surface area contributed by atoms with Crippen molar-refractivity contribution in [1.82, 2.24) is 15.2 Å². The molecule has 0 aliphatic heterocycles. The minimum atomic E-state index is 0.670. The summed E-state index contributed by atoms with van der Waals surface area (Å²) in [5, 5.41) is 8.55. The van der Waals surface area contributed by atoms with Gasteiger partial charge in [0.15, 0.2) is 5.82 Å². The number of thioether (sulfide) groups is 1. The van der Waals surface area contributed by atoms with Gasteiger partial charge in [-0.15, -0.1) is 5.10 Å². The standard InChI is InChI=1S/C15H12ClN3S/c16-13-9-5-4-8-12(13)14-17-15(19-18-14)20-10-11-6-2-1-3-7-11/h1-9H,10H2,(H,17,18,19). The van der Waals surface area contributed by atoms with E-state index in [-0.39, 0.29) is 0 Å². The second-order valence-electron chi connectivity index (χ2n) is 4.22. The van der Waals surface area contributed by atoms with Crippen molar-refractivity contribution in [1.29, 1.82) is 0 Å². The fourth-order valence-corrected chi connectivity index (χ4v) is 2.79. The Bertz CT molecular complexity index is 697. The maximum Gasteiger partial charge on any atom is 0.209 e. The van der Waals surface area contributed by atoms with E-state index in [2.05, 4.69) is 27.3 Å². The molecule has 0 unspecified atom stereocenters. The summed E-state index contributed by atoms with van der Waals surface area (Å²) in [6.45, 7) is 0. The zero-order chi connectivity index (χ0) is 13.8. The first-order valence-corrected chi connectivity index (χ1v) is 7.53. The Labute approximate surface area is 126 Å². The van der Waals surface area contributed by atoms with Crippen molar-refractivity contribution in [3.05, 3.63) is 65.2 Å². The van der Waals surface area contributed by atoms with Gasteiger partial charge in [0.25, 0.3) is 0 Å². The molecule has 2 aromatic carbocycles. The van der Waals surface area contributed by atoms with Gasteiger partial charge in [0, 0.05) is 11.3 Å². The third-order valence-corrected chi connectivity index (χ3v) is 4.05. The summed E-state index contributed by atoms with van der Waals surface area (Å²) in [5.41, 5.74) is 2.12. The van der Waals surface area contributed by atoms with E-state index in [4.69, 9.17) is 11.6 Å². The molecular weight excluding hydrogens is 290 g/mol. The average molecular weight is 302 g/mol. The molecule has 5 heteroatoms. The van der Waals surface area contributed by atoms with Crippen LogP contribution in [0, 0.1) is 0 Å². The first-order valence-electron chi connectivity index (χ1n) is 6.17. The third-order valence-electron chi connectivity index (χ3n) is 2.80. The van der Waals surface area contributed by atoms with Crippen molar-refractivity contribution >= 4 is 23.4 Å². The van der Waals surface area contributed by atoms with Gasteiger partial charge in [0.05, 0.1) is 5.02 Å². The Morgan fingerprint density at radius 2 is 1.75 bits per heavy atom. The van der Waals surface area contributed by atoms with Gasteiger partial charge >= 0.3 is 0 Å². The molecule has 3 nitrogen and oxygen atoms in total. The highest BCUT2D eigenvalue weighted by atomic mass is 35.5. The molecule has 20 heavy (non-hydrogen) atoms. The molecule has 3 aromatic rings. The number of H-pyrrole nitrogens is 1. The summed E-state index contributed by atoms with van der Waals surface area (Å²) in [4.78, 5) is 4.47. The summed E-state index contributed by atoms with van der Waals surface area (Å²) >= 11 is 7.74. The van der Waals surface area contributed by atoms with Crippen LogP contribution in [0.4, 0.5) is 0 Å². The lowest BCUT2D eigenvalue weighted by atomic mass is 10.2. The number of nitrogens with zero attached hydrogens (tertiary/aromatic N) is 2. The number of rotatable bonds is 4. The molecule has 0 aliphatic carbocycles. The van der Waals surface area contributed by atoms with Crippen molar-refractivity contribution in [2.75, 3.05) is 0 Å². The maximum absolute atomic E-state index is 6.15. The first kappa shape index (κ1) is 13.2. The van der Waals surface area contributed by atoms with E-state index in [1.807, 2.05) is 42.5 Å². The van der Waals surface area contributed by atoms with Crippen molar-refractivity contribution in [3.8, 4) is 11.4 Å². The molecule has 0 amide bonds. The molecule has 0 bridgehead atoms. The summed E-state index contributed by atoms with van der Waals surface area (Å²) in [6, 6.07) is 17.9. The Balaban J connectivity index is 1.73. The highest BCUT2D eigenvalue weighted by molar-refractivity contribution is 7.98. The highest BCUT2D eigenvalue weighted by Gasteiger charge is 2.09. The summed E-state index contributed by atoms with van der Waals surface area (Å²) in [5.74, 6) is 1.55. The molecule has 0 atom stereocenters. The van der Waals surface area contributed by atoms with Crippen LogP contribution >= 0.6 is 23.4 Å². The van der Waals surface area contributed by atoms with E-state index in [1.165, 1.54) is 5.56 Å². The normalized spacial score (nSPS) is 10.7. The Morgan fingerprint density at radius 1 is 1.00 bits per heavy atom. The van der Waals surface area contributed by atoms with E-state index in [9.17, 15) is 0 Å². The number of aromatic amines is 1. The molecule has 1 aromatic heterocycles. The number of benzene rings is 2. The lowest BCUT2D eigenvalue weighted by Crippen LogP contribution is -1.82. The molecule has 1 N–H and O–H groups in total. The van der Waals surface area contributed by atoms with Crippen LogP contribution in [0.1, 0.15) is 5.56 Å². The summed E-state index contributed by atoms with van der Waals surface area (Å²) in [7, 11) is 0. The number of nitrogens with one attached hydrogen (secondary N) is 1. The van der Waals surface area contributed by atoms with Crippen molar-refractivity contribution in [2.45, 2.75) is 10.9 Å². The van der Waals surface area contributed by atoms with Gasteiger partial charge in [-0.3, -0.25) is 5.10 Å². The van der Waals surface area contributed by atoms with Gasteiger partial charge in [-0.25, -0.2) is 4.98 Å². The van der Waals surface area contributed by atoms with Crippen LogP contribution in [0.25, 0.3) is 11.4 Å². The van der Waals surface area contributed by atoms with Crippen molar-refractivity contribution < 1.29 is 0 Å². The zero-order valence-corrected chi connectivity index (χ0v) is 12.2. The largest absolute Gasteiger partial charge is 0.258 e. The predicted molar refractivity (Wildman–Crippen MR) is 82.8 cm³/mol. The fourth-order valence-electron chi connectivity index (χ4n) is 1.81. The van der Waals surface area contributed by atoms with E-state index >= 15 is 0 Å². The third kappa shape index (κ3) is 3.03. The molecule has 0 spiro atoms. The Kier molecular flexibility index (Phi) is 4.04. The molecule has 0 aliphatic rings. The van der Waals surface area contributed by atoms with Gasteiger partial charge in [-0.05, 0) is 17.7 Å². The van der Waals surface area contributed by atoms with E-state index < -0.39 is 0 Å². The summed E-state index contributed by atoms with van der Waals surface area (Å²) in [6.07, 6.45) is 0. The van der Waals surface area contributed by atoms with E-state index in [0.717, 1.165) is 16.5 Å². The number of aromatic nitrogens is 3. The van der Waals surface area contributed by atoms with Crippen molar-refractivity contribution in [3.63, 3.8) is 0 Å². The topological polar surface area (TPSA) is 41.6 Å². The monoisotopic (exact) mass is 301 g/mol. The quantitative estimate of drug-likeness (QED) is 0.725. The Morgan fingerprint density at radius 3 is 2.55 bits per heavy atom. The van der Waals surface area contributed by atoms with Crippen LogP contribution in [0.3, 0.4) is 0 Å². The predicted octanol–water partition coefficient (Wildman–Crippen LogP) is 4.42. The van der Waals surface area contributed by atoms with Crippen molar-refractivity contribution in [2.24, 2.45) is 0 Å². The molecule has 0 saturated carbocycles. The molecular formula is C15H12ClN3S. The number of hydrogen-bond acceptors (Lipinski definition) is 3.